The van der Waals surface area contributed by atoms with Gasteiger partial charge in [-0.1, -0.05) is 0 Å². The van der Waals surface area contributed by atoms with Crippen molar-refractivity contribution >= 4 is 16.0 Å². The zero-order chi connectivity index (χ0) is 6.69. The third-order valence-corrected chi connectivity index (χ3v) is 2.07. The molecule has 0 bridgehead atoms. The van der Waals surface area contributed by atoms with Gasteiger partial charge in [-0.25, -0.2) is 0 Å². The fourth-order valence-corrected chi connectivity index (χ4v) is 1.45. The molecule has 0 nitrogen and oxygen atoms in total. The van der Waals surface area contributed by atoms with Gasteiger partial charge in [0.25, 0.3) is 0 Å². The minimum atomic E-state index is 1.02. The van der Waals surface area contributed by atoms with Gasteiger partial charge >= 0.3 is 63.6 Å². The molecule has 47 valence electrons. The summed E-state index contributed by atoms with van der Waals surface area (Å²) in [6.07, 6.45) is 0. The Bertz CT molecular complexity index is 194. The van der Waals surface area contributed by atoms with Crippen LogP contribution in [0.25, 0.3) is 0 Å². The first-order chi connectivity index (χ1) is 4.34. The van der Waals surface area contributed by atoms with Gasteiger partial charge in [0.15, 0.2) is 0 Å². The van der Waals surface area contributed by atoms with Crippen molar-refractivity contribution < 1.29 is 0 Å². The van der Waals surface area contributed by atoms with E-state index in [1.165, 1.54) is 11.1 Å². The van der Waals surface area contributed by atoms with Gasteiger partial charge in [0.05, 0.1) is 0 Å². The van der Waals surface area contributed by atoms with Gasteiger partial charge in [-0.2, -0.15) is 0 Å². The normalized spacial score (nSPS) is 9.56. The second-order valence-electron chi connectivity index (χ2n) is 2.07. The van der Waals surface area contributed by atoms with Crippen LogP contribution in [0, 0.1) is 6.92 Å². The van der Waals surface area contributed by atoms with Crippen molar-refractivity contribution in [3.8, 4) is 0 Å². The predicted octanol–water partition coefficient (Wildman–Crippen LogP) is 1.66. The van der Waals surface area contributed by atoms with Crippen LogP contribution in [-0.2, 0) is 5.32 Å². The molecule has 0 saturated heterocycles. The summed E-state index contributed by atoms with van der Waals surface area (Å²) in [7, 11) is 0. The molecule has 0 aromatic heterocycles. The Balaban J connectivity index is 3.01. The van der Waals surface area contributed by atoms with Gasteiger partial charge < -0.3 is 0 Å². The third kappa shape index (κ3) is 1.57. The van der Waals surface area contributed by atoms with E-state index in [4.69, 9.17) is 0 Å². The summed E-state index contributed by atoms with van der Waals surface area (Å²) in [5, 5.41) is 1.02. The van der Waals surface area contributed by atoms with Gasteiger partial charge in [0.2, 0.25) is 0 Å². The second-order valence-corrected chi connectivity index (χ2v) is 2.68. The Kier molecular flexibility index (Phi) is 2.32. The molecule has 0 aliphatic carbocycles. The molecule has 0 aliphatic rings. The van der Waals surface area contributed by atoms with Crippen molar-refractivity contribution in [2.75, 3.05) is 0 Å². The van der Waals surface area contributed by atoms with Crippen LogP contribution in [0.1, 0.15) is 11.1 Å². The second kappa shape index (κ2) is 3.05. The van der Waals surface area contributed by atoms with E-state index in [0.717, 1.165) is 5.32 Å². The molecule has 0 aliphatic heterocycles. The summed E-state index contributed by atoms with van der Waals surface area (Å²) in [4.78, 5) is 0. The minimum absolute atomic E-state index is 1.02. The van der Waals surface area contributed by atoms with E-state index < -0.39 is 0 Å². The van der Waals surface area contributed by atoms with Crippen LogP contribution in [0.15, 0.2) is 24.3 Å². The summed E-state index contributed by atoms with van der Waals surface area (Å²) in [5.74, 6) is 0. The van der Waals surface area contributed by atoms with E-state index in [9.17, 15) is 0 Å². The Labute approximate surface area is 64.1 Å². The fourth-order valence-electron chi connectivity index (χ4n) is 0.772. The van der Waals surface area contributed by atoms with Crippen LogP contribution >= 0.6 is 0 Å². The van der Waals surface area contributed by atoms with Crippen molar-refractivity contribution in [2.45, 2.75) is 12.2 Å². The molecule has 1 radical (unpaired) electrons. The summed E-state index contributed by atoms with van der Waals surface area (Å²) in [5.41, 5.74) is 2.77. The zero-order valence-corrected chi connectivity index (χ0v) is 7.14. The van der Waals surface area contributed by atoms with Gasteiger partial charge in [0.1, 0.15) is 0 Å². The van der Waals surface area contributed by atoms with Crippen molar-refractivity contribution in [2.24, 2.45) is 0 Å². The zero-order valence-electron chi connectivity index (χ0n) is 5.42. The fraction of sp³-hybridized carbons (Fsp3) is 0.250. The van der Waals surface area contributed by atoms with Crippen molar-refractivity contribution in [1.29, 1.82) is 0 Å². The average molecular weight is 184 g/mol. The summed E-state index contributed by atoms with van der Waals surface area (Å²) < 4.78 is 0. The number of aryl methyl sites for hydroxylation is 1. The van der Waals surface area contributed by atoms with Crippen molar-refractivity contribution in [1.82, 2.24) is 0 Å². The molecule has 0 heterocycles. The first-order valence-corrected chi connectivity index (χ1v) is 4.18. The summed E-state index contributed by atoms with van der Waals surface area (Å²) in [6, 6.07) is 8.41. The number of benzene rings is 1. The van der Waals surface area contributed by atoms with Crippen molar-refractivity contribution in [3.05, 3.63) is 35.4 Å². The van der Waals surface area contributed by atoms with Gasteiger partial charge in [-0.3, -0.25) is 0 Å². The quantitative estimate of drug-likeness (QED) is 0.582. The predicted molar refractivity (Wildman–Crippen MR) is 40.6 cm³/mol. The van der Waals surface area contributed by atoms with Crippen LogP contribution in [0.2, 0.25) is 0 Å². The van der Waals surface area contributed by atoms with Crippen LogP contribution < -0.4 is 0 Å². The molecule has 0 amide bonds. The first kappa shape index (κ1) is 6.85. The van der Waals surface area contributed by atoms with Crippen LogP contribution in [0.3, 0.4) is 0 Å². The molecular formula is C8H9Se. The number of rotatable bonds is 1. The molecule has 1 heteroatoms. The van der Waals surface area contributed by atoms with E-state index >= 15 is 0 Å². The number of hydrogen-bond donors (Lipinski definition) is 0. The van der Waals surface area contributed by atoms with E-state index in [-0.39, 0.29) is 0 Å². The molecule has 1 aromatic carbocycles. The maximum absolute atomic E-state index is 3.00. The Morgan fingerprint density at radius 1 is 1.33 bits per heavy atom. The van der Waals surface area contributed by atoms with Gasteiger partial charge in [-0.05, 0) is 0 Å². The number of hydrogen-bond acceptors (Lipinski definition) is 0. The molecule has 0 saturated carbocycles. The monoisotopic (exact) mass is 185 g/mol. The summed E-state index contributed by atoms with van der Waals surface area (Å²) in [6.45, 7) is 2.13. The molecule has 9 heavy (non-hydrogen) atoms. The first-order valence-electron chi connectivity index (χ1n) is 2.97. The Hall–Kier alpha value is -0.261. The molecular weight excluding hydrogens is 175 g/mol. The Morgan fingerprint density at radius 3 is 2.44 bits per heavy atom. The SMILES string of the molecule is Cc1ccccc1C[Se]. The average Bonchev–Trinajstić information content (AvgIpc) is 1.89. The van der Waals surface area contributed by atoms with Crippen LogP contribution in [0.5, 0.6) is 0 Å². The molecule has 0 atom stereocenters. The Morgan fingerprint density at radius 2 is 2.00 bits per heavy atom. The van der Waals surface area contributed by atoms with E-state index in [1.807, 2.05) is 0 Å². The molecule has 0 fully saturated rings. The van der Waals surface area contributed by atoms with Gasteiger partial charge in [-0.15, -0.1) is 0 Å². The topological polar surface area (TPSA) is 0 Å². The van der Waals surface area contributed by atoms with Crippen LogP contribution in [0.4, 0.5) is 0 Å². The molecule has 1 aromatic rings. The van der Waals surface area contributed by atoms with E-state index in [2.05, 4.69) is 47.2 Å². The standard InChI is InChI=1S/C8H9Se/c1-7-4-2-3-5-8(7)6-9/h2-5H,6H2,1H3. The van der Waals surface area contributed by atoms with Gasteiger partial charge in [0, 0.05) is 0 Å². The van der Waals surface area contributed by atoms with E-state index in [1.54, 1.807) is 0 Å². The van der Waals surface area contributed by atoms with E-state index in [0.29, 0.717) is 0 Å². The molecule has 0 spiro atoms. The van der Waals surface area contributed by atoms with Crippen molar-refractivity contribution in [3.63, 3.8) is 0 Å². The molecule has 0 N–H and O–H groups in total. The summed E-state index contributed by atoms with van der Waals surface area (Å²) >= 11 is 3.00. The molecule has 1 rings (SSSR count). The third-order valence-electron chi connectivity index (χ3n) is 1.42. The molecule has 0 unspecified atom stereocenters. The maximum atomic E-state index is 3.00. The van der Waals surface area contributed by atoms with Crippen LogP contribution in [-0.4, -0.2) is 16.0 Å².